The molecule has 2 fully saturated rings. The summed E-state index contributed by atoms with van der Waals surface area (Å²) in [6.07, 6.45) is -13.5. The van der Waals surface area contributed by atoms with Gasteiger partial charge in [0.05, 0.1) is 46.9 Å². The first-order chi connectivity index (χ1) is 42.3. The maximum atomic E-state index is 13.6. The van der Waals surface area contributed by atoms with Crippen molar-refractivity contribution in [2.45, 2.75) is 147 Å². The number of hydrogen-bond donors (Lipinski definition) is 4. The number of anilines is 6. The van der Waals surface area contributed by atoms with Crippen molar-refractivity contribution < 1.29 is 71.6 Å². The van der Waals surface area contributed by atoms with E-state index in [4.69, 9.17) is 18.9 Å². The summed E-state index contributed by atoms with van der Waals surface area (Å²) in [4.78, 5) is 24.9. The minimum absolute atomic E-state index is 0. The van der Waals surface area contributed by atoms with Gasteiger partial charge in [0.2, 0.25) is 0 Å². The van der Waals surface area contributed by atoms with Crippen molar-refractivity contribution in [2.75, 3.05) is 21.3 Å². The molecular formula is C65H62F12N10O4. The van der Waals surface area contributed by atoms with Crippen molar-refractivity contribution in [1.29, 1.82) is 0 Å². The molecular weight excluding hydrogens is 1210 g/mol. The van der Waals surface area contributed by atoms with Crippen LogP contribution in [-0.4, -0.2) is 65.9 Å². The summed E-state index contributed by atoms with van der Waals surface area (Å²) < 4.78 is 184. The Labute approximate surface area is 515 Å². The molecule has 6 atom stereocenters. The van der Waals surface area contributed by atoms with E-state index in [9.17, 15) is 52.7 Å². The number of aromatic nitrogens is 6. The first kappa shape index (κ1) is 65.5. The SMILES string of the molecule is C.C[C@@H](Nc1nc(C(F)(F)F)ccc1-c1cc(Nc2cccc3c2C[C@@H]2OC(C)(C)O[C@@H]2C3)ncn1)c1ccc(C(F)(F)F)cc1.C[C@@H](Nc1nc(C(F)(F)F)ccc1-c1cc(Nc2cccc3c2C[C@H]2OC(C)(C)O[C@H]2C3)ncn1)c1ccc(C(F)(F)F)cc1. The highest BCUT2D eigenvalue weighted by Gasteiger charge is 2.46. The summed E-state index contributed by atoms with van der Waals surface area (Å²) in [5.41, 5.74) is 3.99. The average molecular weight is 1280 g/mol. The second kappa shape index (κ2) is 25.0. The Morgan fingerprint density at radius 3 is 1.13 bits per heavy atom. The third kappa shape index (κ3) is 15.0. The van der Waals surface area contributed by atoms with Gasteiger partial charge in [-0.15, -0.1) is 0 Å². The van der Waals surface area contributed by atoms with Crippen LogP contribution in [0.25, 0.3) is 22.5 Å². The maximum absolute atomic E-state index is 13.6. The van der Waals surface area contributed by atoms with Gasteiger partial charge in [0.25, 0.3) is 0 Å². The van der Waals surface area contributed by atoms with Gasteiger partial charge >= 0.3 is 24.7 Å². The number of nitrogens with one attached hydrogen (secondary N) is 4. The summed E-state index contributed by atoms with van der Waals surface area (Å²) in [6.45, 7) is 10.8. The Morgan fingerprint density at radius 2 is 0.791 bits per heavy atom. The second-order valence-electron chi connectivity index (χ2n) is 23.1. The molecule has 4 N–H and O–H groups in total. The lowest BCUT2D eigenvalue weighted by molar-refractivity contribution is -0.145. The lowest BCUT2D eigenvalue weighted by Gasteiger charge is -2.27. The second-order valence-corrected chi connectivity index (χ2v) is 23.1. The van der Waals surface area contributed by atoms with Crippen LogP contribution in [0.5, 0.6) is 0 Å². The summed E-state index contributed by atoms with van der Waals surface area (Å²) in [5, 5.41) is 12.5. The third-order valence-electron chi connectivity index (χ3n) is 15.7. The topological polar surface area (TPSA) is 162 Å². The average Bonchev–Trinajstić information content (AvgIpc) is 1.75. The Kier molecular flexibility index (Phi) is 18.0. The maximum Gasteiger partial charge on any atom is 0.433 e. The van der Waals surface area contributed by atoms with Crippen LogP contribution < -0.4 is 21.3 Å². The van der Waals surface area contributed by atoms with Gasteiger partial charge < -0.3 is 40.2 Å². The minimum Gasteiger partial charge on any atom is -0.363 e. The molecule has 480 valence electrons. The van der Waals surface area contributed by atoms with Gasteiger partial charge in [-0.3, -0.25) is 0 Å². The Hall–Kier alpha value is -8.46. The van der Waals surface area contributed by atoms with Crippen molar-refractivity contribution in [1.82, 2.24) is 29.9 Å². The van der Waals surface area contributed by atoms with E-state index in [1.165, 1.54) is 49.1 Å². The van der Waals surface area contributed by atoms with E-state index in [1.807, 2.05) is 64.1 Å². The molecule has 12 rings (SSSR count). The third-order valence-corrected chi connectivity index (χ3v) is 15.7. The monoisotopic (exact) mass is 1270 g/mol. The number of alkyl halides is 12. The molecule has 91 heavy (non-hydrogen) atoms. The predicted molar refractivity (Wildman–Crippen MR) is 316 cm³/mol. The van der Waals surface area contributed by atoms with Crippen molar-refractivity contribution in [2.24, 2.45) is 0 Å². The summed E-state index contributed by atoms with van der Waals surface area (Å²) in [6, 6.07) is 26.6. The first-order valence-electron chi connectivity index (χ1n) is 28.5. The molecule has 0 bridgehead atoms. The standard InChI is InChI=1S/2C32H29F6N5O2.CH4/c2*1-17(18-7-9-20(10-8-18)31(33,34)35)41-29-21(11-12-27(43-29)32(36,37)38)24-15-28(40-16-39-24)42-23-6-4-5-19-13-25-26(14-22(19)23)45-30(2,3)44-25;/h2*4-12,15-17,25-26H,13-14H2,1-3H3,(H,41,43)(H,39,40,42);1H4/t17-,25+,26-;17-,25-,26+;/m11./s1. The van der Waals surface area contributed by atoms with Crippen molar-refractivity contribution in [3.05, 3.63) is 190 Å². The van der Waals surface area contributed by atoms with Crippen LogP contribution in [0.2, 0.25) is 0 Å². The van der Waals surface area contributed by atoms with E-state index in [2.05, 4.69) is 51.2 Å². The zero-order valence-corrected chi connectivity index (χ0v) is 48.8. The van der Waals surface area contributed by atoms with E-state index >= 15 is 0 Å². The highest BCUT2D eigenvalue weighted by Crippen LogP contribution is 2.43. The van der Waals surface area contributed by atoms with Gasteiger partial charge in [0.15, 0.2) is 11.6 Å². The van der Waals surface area contributed by atoms with Crippen molar-refractivity contribution in [3.63, 3.8) is 0 Å². The molecule has 4 aliphatic rings. The fourth-order valence-electron chi connectivity index (χ4n) is 11.5. The van der Waals surface area contributed by atoms with E-state index in [-0.39, 0.29) is 66.0 Å². The molecule has 0 spiro atoms. The van der Waals surface area contributed by atoms with Crippen LogP contribution in [-0.2, 0) is 69.3 Å². The number of ether oxygens (including phenoxy) is 4. The molecule has 0 amide bonds. The smallest absolute Gasteiger partial charge is 0.363 e. The highest BCUT2D eigenvalue weighted by molar-refractivity contribution is 5.77. The number of hydrogen-bond acceptors (Lipinski definition) is 14. The van der Waals surface area contributed by atoms with Crippen LogP contribution in [0.1, 0.15) is 117 Å². The van der Waals surface area contributed by atoms with Crippen molar-refractivity contribution >= 4 is 34.6 Å². The molecule has 8 aromatic rings. The normalized spacial score (nSPS) is 19.6. The summed E-state index contributed by atoms with van der Waals surface area (Å²) >= 11 is 0. The fraction of sp³-hybridized carbons (Fsp3) is 0.354. The van der Waals surface area contributed by atoms with Gasteiger partial charge in [-0.25, -0.2) is 29.9 Å². The quantitative estimate of drug-likeness (QED) is 0.0855. The van der Waals surface area contributed by atoms with E-state index in [1.54, 1.807) is 26.0 Å². The highest BCUT2D eigenvalue weighted by atomic mass is 19.4. The first-order valence-corrected chi connectivity index (χ1v) is 28.5. The van der Waals surface area contributed by atoms with Gasteiger partial charge in [-0.2, -0.15) is 52.7 Å². The van der Waals surface area contributed by atoms with Gasteiger partial charge in [0, 0.05) is 72.4 Å². The zero-order chi connectivity index (χ0) is 64.3. The van der Waals surface area contributed by atoms with E-state index < -0.39 is 70.9 Å². The Bertz CT molecular complexity index is 3670. The number of benzene rings is 4. The zero-order valence-electron chi connectivity index (χ0n) is 48.8. The minimum atomic E-state index is -4.72. The van der Waals surface area contributed by atoms with E-state index in [0.717, 1.165) is 70.0 Å². The van der Waals surface area contributed by atoms with Crippen LogP contribution in [0.15, 0.2) is 134 Å². The largest absolute Gasteiger partial charge is 0.433 e. The summed E-state index contributed by atoms with van der Waals surface area (Å²) in [5.74, 6) is -0.796. The van der Waals surface area contributed by atoms with Crippen LogP contribution in [0.4, 0.5) is 87.3 Å². The molecule has 0 saturated carbocycles. The van der Waals surface area contributed by atoms with Gasteiger partial charge in [-0.05, 0) is 136 Å². The molecule has 2 saturated heterocycles. The molecule has 6 heterocycles. The van der Waals surface area contributed by atoms with Crippen LogP contribution in [0.3, 0.4) is 0 Å². The molecule has 26 heteroatoms. The molecule has 2 aliphatic heterocycles. The van der Waals surface area contributed by atoms with Gasteiger partial charge in [0.1, 0.15) is 47.3 Å². The van der Waals surface area contributed by atoms with Gasteiger partial charge in [-0.1, -0.05) is 56.0 Å². The predicted octanol–water partition coefficient (Wildman–Crippen LogP) is 16.9. The number of halogens is 12. The lowest BCUT2D eigenvalue weighted by atomic mass is 9.86. The number of pyridine rings is 2. The summed E-state index contributed by atoms with van der Waals surface area (Å²) in [7, 11) is 0. The lowest BCUT2D eigenvalue weighted by Crippen LogP contribution is -2.32. The molecule has 0 radical (unpaired) electrons. The molecule has 4 aromatic heterocycles. The Morgan fingerprint density at radius 1 is 0.440 bits per heavy atom. The molecule has 2 aliphatic carbocycles. The molecule has 14 nitrogen and oxygen atoms in total. The molecule has 0 unspecified atom stereocenters. The van der Waals surface area contributed by atoms with Crippen LogP contribution in [0, 0.1) is 0 Å². The number of rotatable bonds is 12. The Balaban J connectivity index is 0.000000198. The molecule has 4 aromatic carbocycles. The van der Waals surface area contributed by atoms with E-state index in [0.29, 0.717) is 48.4 Å². The van der Waals surface area contributed by atoms with Crippen molar-refractivity contribution in [3.8, 4) is 22.5 Å². The number of fused-ring (bicyclic) bond motifs is 4. The fourth-order valence-corrected chi connectivity index (χ4v) is 11.5. The van der Waals surface area contributed by atoms with Crippen LogP contribution >= 0.6 is 0 Å². The number of nitrogens with zero attached hydrogens (tertiary/aromatic N) is 6.